The standard InChI is InChI=1S/C13H19NO2S/c1-10(4-3-9-15)14-13(16)8-7-12-6-5-11(2)17-12/h5-8,10,15H,3-4,9H2,1-2H3,(H,14,16). The Labute approximate surface area is 106 Å². The minimum Gasteiger partial charge on any atom is -0.396 e. The molecule has 0 bridgehead atoms. The molecule has 0 aliphatic heterocycles. The molecule has 0 saturated carbocycles. The van der Waals surface area contributed by atoms with Crippen LogP contribution in [0.25, 0.3) is 6.08 Å². The van der Waals surface area contributed by atoms with E-state index in [-0.39, 0.29) is 18.6 Å². The Morgan fingerprint density at radius 1 is 1.59 bits per heavy atom. The highest BCUT2D eigenvalue weighted by Crippen LogP contribution is 2.16. The molecule has 0 aliphatic carbocycles. The lowest BCUT2D eigenvalue weighted by Crippen LogP contribution is -2.31. The Balaban J connectivity index is 2.36. The lowest BCUT2D eigenvalue weighted by molar-refractivity contribution is -0.117. The molecule has 3 nitrogen and oxygen atoms in total. The highest BCUT2D eigenvalue weighted by Gasteiger charge is 2.03. The molecule has 0 aliphatic rings. The largest absolute Gasteiger partial charge is 0.396 e. The molecule has 1 rings (SSSR count). The SMILES string of the molecule is Cc1ccc(C=CC(=O)NC(C)CCCO)s1. The van der Waals surface area contributed by atoms with Crippen molar-refractivity contribution in [2.24, 2.45) is 0 Å². The molecule has 2 N–H and O–H groups in total. The fourth-order valence-corrected chi connectivity index (χ4v) is 2.24. The summed E-state index contributed by atoms with van der Waals surface area (Å²) in [5.74, 6) is -0.0820. The number of hydrogen-bond donors (Lipinski definition) is 2. The minimum atomic E-state index is -0.0820. The zero-order valence-corrected chi connectivity index (χ0v) is 11.1. The predicted octanol–water partition coefficient (Wildman–Crippen LogP) is 2.35. The van der Waals surface area contributed by atoms with Crippen LogP contribution in [0.15, 0.2) is 18.2 Å². The van der Waals surface area contributed by atoms with Crippen LogP contribution in [0, 0.1) is 6.92 Å². The van der Waals surface area contributed by atoms with Gasteiger partial charge in [0.2, 0.25) is 5.91 Å². The number of carbonyl (C=O) groups excluding carboxylic acids is 1. The van der Waals surface area contributed by atoms with Crippen LogP contribution in [0.4, 0.5) is 0 Å². The minimum absolute atomic E-state index is 0.0820. The summed E-state index contributed by atoms with van der Waals surface area (Å²) >= 11 is 1.66. The van der Waals surface area contributed by atoms with Crippen LogP contribution in [0.5, 0.6) is 0 Å². The third-order valence-electron chi connectivity index (χ3n) is 2.34. The monoisotopic (exact) mass is 253 g/mol. The molecule has 0 saturated heterocycles. The van der Waals surface area contributed by atoms with E-state index in [0.29, 0.717) is 0 Å². The number of aliphatic hydroxyl groups excluding tert-OH is 1. The van der Waals surface area contributed by atoms with E-state index in [1.807, 2.05) is 32.1 Å². The van der Waals surface area contributed by atoms with E-state index >= 15 is 0 Å². The second-order valence-electron chi connectivity index (χ2n) is 4.06. The first-order valence-electron chi connectivity index (χ1n) is 5.77. The van der Waals surface area contributed by atoms with E-state index in [1.54, 1.807) is 17.4 Å². The van der Waals surface area contributed by atoms with Crippen molar-refractivity contribution in [1.82, 2.24) is 5.32 Å². The molecule has 1 aromatic heterocycles. The van der Waals surface area contributed by atoms with Crippen molar-refractivity contribution >= 4 is 23.3 Å². The van der Waals surface area contributed by atoms with Gasteiger partial charge in [-0.2, -0.15) is 0 Å². The van der Waals surface area contributed by atoms with Crippen LogP contribution in [0.3, 0.4) is 0 Å². The van der Waals surface area contributed by atoms with Gasteiger partial charge in [0.25, 0.3) is 0 Å². The lowest BCUT2D eigenvalue weighted by Gasteiger charge is -2.10. The first-order valence-corrected chi connectivity index (χ1v) is 6.59. The maximum absolute atomic E-state index is 11.5. The molecule has 1 unspecified atom stereocenters. The predicted molar refractivity (Wildman–Crippen MR) is 72.0 cm³/mol. The number of aliphatic hydroxyl groups is 1. The van der Waals surface area contributed by atoms with Crippen molar-refractivity contribution in [2.75, 3.05) is 6.61 Å². The van der Waals surface area contributed by atoms with Crippen LogP contribution >= 0.6 is 11.3 Å². The maximum Gasteiger partial charge on any atom is 0.244 e. The fourth-order valence-electron chi connectivity index (χ4n) is 1.46. The van der Waals surface area contributed by atoms with E-state index in [4.69, 9.17) is 5.11 Å². The second kappa shape index (κ2) is 7.25. The Morgan fingerprint density at radius 3 is 2.94 bits per heavy atom. The zero-order chi connectivity index (χ0) is 12.7. The van der Waals surface area contributed by atoms with Gasteiger partial charge in [0, 0.05) is 28.5 Å². The molecule has 0 spiro atoms. The van der Waals surface area contributed by atoms with E-state index in [2.05, 4.69) is 5.32 Å². The molecular formula is C13H19NO2S. The molecule has 4 heteroatoms. The highest BCUT2D eigenvalue weighted by molar-refractivity contribution is 7.12. The van der Waals surface area contributed by atoms with E-state index in [0.717, 1.165) is 17.7 Å². The second-order valence-corrected chi connectivity index (χ2v) is 5.38. The van der Waals surface area contributed by atoms with Crippen molar-refractivity contribution < 1.29 is 9.90 Å². The average Bonchev–Trinajstić information content (AvgIpc) is 2.70. The van der Waals surface area contributed by atoms with Gasteiger partial charge in [-0.1, -0.05) is 0 Å². The summed E-state index contributed by atoms with van der Waals surface area (Å²) in [6, 6.07) is 4.13. The summed E-state index contributed by atoms with van der Waals surface area (Å²) in [7, 11) is 0. The van der Waals surface area contributed by atoms with Crippen LogP contribution in [0.2, 0.25) is 0 Å². The molecule has 94 valence electrons. The number of aryl methyl sites for hydroxylation is 1. The first-order chi connectivity index (χ1) is 8.11. The Morgan fingerprint density at radius 2 is 2.35 bits per heavy atom. The molecule has 1 heterocycles. The van der Waals surface area contributed by atoms with Gasteiger partial charge in [-0.15, -0.1) is 11.3 Å². The van der Waals surface area contributed by atoms with Gasteiger partial charge >= 0.3 is 0 Å². The van der Waals surface area contributed by atoms with Crippen LogP contribution in [-0.2, 0) is 4.79 Å². The topological polar surface area (TPSA) is 49.3 Å². The Hall–Kier alpha value is -1.13. The zero-order valence-electron chi connectivity index (χ0n) is 10.3. The average molecular weight is 253 g/mol. The summed E-state index contributed by atoms with van der Waals surface area (Å²) in [5, 5.41) is 11.5. The van der Waals surface area contributed by atoms with Gasteiger partial charge in [0.1, 0.15) is 0 Å². The molecular weight excluding hydrogens is 234 g/mol. The van der Waals surface area contributed by atoms with Gasteiger partial charge in [-0.05, 0) is 44.9 Å². The summed E-state index contributed by atoms with van der Waals surface area (Å²) in [4.78, 5) is 13.9. The van der Waals surface area contributed by atoms with Gasteiger partial charge < -0.3 is 10.4 Å². The van der Waals surface area contributed by atoms with E-state index in [1.165, 1.54) is 4.88 Å². The lowest BCUT2D eigenvalue weighted by atomic mass is 10.2. The number of thiophene rings is 1. The highest BCUT2D eigenvalue weighted by atomic mass is 32.1. The molecule has 17 heavy (non-hydrogen) atoms. The van der Waals surface area contributed by atoms with Crippen molar-refractivity contribution in [1.29, 1.82) is 0 Å². The summed E-state index contributed by atoms with van der Waals surface area (Å²) < 4.78 is 0. The molecule has 1 atom stereocenters. The van der Waals surface area contributed by atoms with Gasteiger partial charge in [0.15, 0.2) is 0 Å². The maximum atomic E-state index is 11.5. The quantitative estimate of drug-likeness (QED) is 0.765. The van der Waals surface area contributed by atoms with Crippen LogP contribution in [-0.4, -0.2) is 23.7 Å². The van der Waals surface area contributed by atoms with Crippen molar-refractivity contribution in [3.63, 3.8) is 0 Å². The molecule has 0 radical (unpaired) electrons. The first kappa shape index (κ1) is 13.9. The Bertz CT molecular complexity index is 385. The summed E-state index contributed by atoms with van der Waals surface area (Å²) in [5.41, 5.74) is 0. The number of amides is 1. The third kappa shape index (κ3) is 5.65. The number of carbonyl (C=O) groups is 1. The van der Waals surface area contributed by atoms with Crippen molar-refractivity contribution in [3.8, 4) is 0 Å². The number of rotatable bonds is 6. The smallest absolute Gasteiger partial charge is 0.244 e. The van der Waals surface area contributed by atoms with Crippen LogP contribution in [0.1, 0.15) is 29.5 Å². The van der Waals surface area contributed by atoms with E-state index < -0.39 is 0 Å². The summed E-state index contributed by atoms with van der Waals surface area (Å²) in [6.45, 7) is 4.15. The molecule has 0 fully saturated rings. The van der Waals surface area contributed by atoms with Gasteiger partial charge in [-0.25, -0.2) is 0 Å². The molecule has 1 amide bonds. The fraction of sp³-hybridized carbons (Fsp3) is 0.462. The van der Waals surface area contributed by atoms with Gasteiger partial charge in [-0.3, -0.25) is 4.79 Å². The Kier molecular flexibility index (Phi) is 5.94. The number of hydrogen-bond acceptors (Lipinski definition) is 3. The normalized spacial score (nSPS) is 12.9. The van der Waals surface area contributed by atoms with E-state index in [9.17, 15) is 4.79 Å². The molecule has 1 aromatic rings. The summed E-state index contributed by atoms with van der Waals surface area (Å²) in [6.07, 6.45) is 4.90. The third-order valence-corrected chi connectivity index (χ3v) is 3.31. The van der Waals surface area contributed by atoms with Crippen molar-refractivity contribution in [2.45, 2.75) is 32.7 Å². The van der Waals surface area contributed by atoms with Crippen molar-refractivity contribution in [3.05, 3.63) is 28.0 Å². The van der Waals surface area contributed by atoms with Gasteiger partial charge in [0.05, 0.1) is 0 Å². The number of nitrogens with one attached hydrogen (secondary N) is 1. The molecule has 0 aromatic carbocycles. The van der Waals surface area contributed by atoms with Crippen LogP contribution < -0.4 is 5.32 Å².